The number of aromatic nitrogens is 1. The van der Waals surface area contributed by atoms with Crippen molar-refractivity contribution in [1.82, 2.24) is 4.57 Å². The molecule has 0 aliphatic carbocycles. The van der Waals surface area contributed by atoms with Crippen LogP contribution in [0.4, 0.5) is 5.69 Å². The summed E-state index contributed by atoms with van der Waals surface area (Å²) in [7, 11) is 0. The van der Waals surface area contributed by atoms with Crippen LogP contribution < -0.4 is 5.32 Å². The van der Waals surface area contributed by atoms with E-state index >= 15 is 0 Å². The smallest absolute Gasteiger partial charge is 0.0514 e. The number of anilines is 1. The maximum Gasteiger partial charge on any atom is 0.0514 e. The standard InChI is InChI=1S/C17H16Cl2N2/c1-12-4-2-3-5-16(12)20-7-9-21-8-6-14-15(19)10-13(18)11-17(14)21/h2-6,8,10-11,20H,7,9H2,1H3. The Morgan fingerprint density at radius 2 is 1.90 bits per heavy atom. The number of benzene rings is 2. The molecular weight excluding hydrogens is 303 g/mol. The first-order valence-corrected chi connectivity index (χ1v) is 7.64. The molecule has 0 amide bonds. The molecule has 0 spiro atoms. The van der Waals surface area contributed by atoms with Gasteiger partial charge in [-0.3, -0.25) is 0 Å². The van der Waals surface area contributed by atoms with Gasteiger partial charge >= 0.3 is 0 Å². The van der Waals surface area contributed by atoms with E-state index in [4.69, 9.17) is 23.2 Å². The lowest BCUT2D eigenvalue weighted by atomic mass is 10.2. The molecule has 0 saturated heterocycles. The summed E-state index contributed by atoms with van der Waals surface area (Å²) < 4.78 is 2.17. The number of hydrogen-bond acceptors (Lipinski definition) is 1. The van der Waals surface area contributed by atoms with Gasteiger partial charge in [-0.25, -0.2) is 0 Å². The zero-order chi connectivity index (χ0) is 14.8. The summed E-state index contributed by atoms with van der Waals surface area (Å²) >= 11 is 12.3. The Kier molecular flexibility index (Phi) is 4.09. The monoisotopic (exact) mass is 318 g/mol. The van der Waals surface area contributed by atoms with Crippen LogP contribution in [0.3, 0.4) is 0 Å². The van der Waals surface area contributed by atoms with Crippen molar-refractivity contribution in [3.05, 3.63) is 64.3 Å². The Balaban J connectivity index is 1.76. The van der Waals surface area contributed by atoms with Gasteiger partial charge in [0.05, 0.1) is 10.5 Å². The molecule has 1 aromatic heterocycles. The number of fused-ring (bicyclic) bond motifs is 1. The normalized spacial score (nSPS) is 11.0. The molecule has 0 unspecified atom stereocenters. The van der Waals surface area contributed by atoms with Gasteiger partial charge in [-0.05, 0) is 36.8 Å². The zero-order valence-corrected chi connectivity index (χ0v) is 13.2. The number of para-hydroxylation sites is 1. The molecule has 3 aromatic rings. The summed E-state index contributed by atoms with van der Waals surface area (Å²) in [5.41, 5.74) is 3.49. The predicted octanol–water partition coefficient (Wildman–Crippen LogP) is 5.37. The Hall–Kier alpha value is -1.64. The highest BCUT2D eigenvalue weighted by molar-refractivity contribution is 6.38. The third-order valence-electron chi connectivity index (χ3n) is 3.62. The summed E-state index contributed by atoms with van der Waals surface area (Å²) in [5, 5.41) is 5.86. The average molecular weight is 319 g/mol. The van der Waals surface area contributed by atoms with Crippen LogP contribution in [-0.4, -0.2) is 11.1 Å². The minimum Gasteiger partial charge on any atom is -0.383 e. The van der Waals surface area contributed by atoms with Crippen molar-refractivity contribution < 1.29 is 0 Å². The Bertz CT molecular complexity index is 778. The van der Waals surface area contributed by atoms with Gasteiger partial charge in [0, 0.05) is 35.4 Å². The second-order valence-corrected chi connectivity index (χ2v) is 5.91. The van der Waals surface area contributed by atoms with E-state index in [0.717, 1.165) is 24.0 Å². The summed E-state index contributed by atoms with van der Waals surface area (Å²) in [5.74, 6) is 0. The maximum atomic E-state index is 6.21. The summed E-state index contributed by atoms with van der Waals surface area (Å²) in [6.45, 7) is 3.81. The summed E-state index contributed by atoms with van der Waals surface area (Å²) in [6, 6.07) is 14.0. The van der Waals surface area contributed by atoms with Crippen LogP contribution in [0.1, 0.15) is 5.56 Å². The van der Waals surface area contributed by atoms with E-state index in [0.29, 0.717) is 10.0 Å². The molecule has 108 valence electrons. The van der Waals surface area contributed by atoms with Crippen LogP contribution in [0.15, 0.2) is 48.7 Å². The molecule has 0 aliphatic rings. The largest absolute Gasteiger partial charge is 0.383 e. The van der Waals surface area contributed by atoms with Crippen LogP contribution in [0.5, 0.6) is 0 Å². The number of rotatable bonds is 4. The van der Waals surface area contributed by atoms with E-state index in [2.05, 4.69) is 28.9 Å². The van der Waals surface area contributed by atoms with Crippen molar-refractivity contribution in [1.29, 1.82) is 0 Å². The lowest BCUT2D eigenvalue weighted by Gasteiger charge is -2.11. The van der Waals surface area contributed by atoms with E-state index in [-0.39, 0.29) is 0 Å². The topological polar surface area (TPSA) is 17.0 Å². The summed E-state index contributed by atoms with van der Waals surface area (Å²) in [4.78, 5) is 0. The molecule has 1 N–H and O–H groups in total. The maximum absolute atomic E-state index is 6.21. The molecule has 0 saturated carbocycles. The SMILES string of the molecule is Cc1ccccc1NCCn1ccc2c(Cl)cc(Cl)cc21. The van der Waals surface area contributed by atoms with Crippen LogP contribution in [-0.2, 0) is 6.54 Å². The Labute approximate surface area is 134 Å². The molecule has 3 rings (SSSR count). The fourth-order valence-corrected chi connectivity index (χ4v) is 3.04. The summed E-state index contributed by atoms with van der Waals surface area (Å²) in [6.07, 6.45) is 2.05. The fraction of sp³-hybridized carbons (Fsp3) is 0.176. The fourth-order valence-electron chi connectivity index (χ4n) is 2.50. The first kappa shape index (κ1) is 14.3. The van der Waals surface area contributed by atoms with Crippen molar-refractivity contribution >= 4 is 39.8 Å². The number of hydrogen-bond donors (Lipinski definition) is 1. The predicted molar refractivity (Wildman–Crippen MR) is 91.6 cm³/mol. The van der Waals surface area contributed by atoms with Crippen molar-refractivity contribution in [2.24, 2.45) is 0 Å². The molecule has 0 aliphatic heterocycles. The van der Waals surface area contributed by atoms with E-state index in [1.165, 1.54) is 11.3 Å². The number of nitrogens with zero attached hydrogens (tertiary/aromatic N) is 1. The van der Waals surface area contributed by atoms with Crippen molar-refractivity contribution in [2.75, 3.05) is 11.9 Å². The number of halogens is 2. The van der Waals surface area contributed by atoms with Crippen LogP contribution in [0.2, 0.25) is 10.0 Å². The van der Waals surface area contributed by atoms with Gasteiger partial charge in [-0.1, -0.05) is 41.4 Å². The van der Waals surface area contributed by atoms with E-state index < -0.39 is 0 Å². The number of nitrogens with one attached hydrogen (secondary N) is 1. The minimum absolute atomic E-state index is 0.666. The quantitative estimate of drug-likeness (QED) is 0.684. The number of aryl methyl sites for hydroxylation is 1. The molecule has 1 heterocycles. The molecule has 2 nitrogen and oxygen atoms in total. The van der Waals surface area contributed by atoms with E-state index in [1.54, 1.807) is 6.07 Å². The van der Waals surface area contributed by atoms with Gasteiger partial charge < -0.3 is 9.88 Å². The third kappa shape index (κ3) is 3.02. The highest BCUT2D eigenvalue weighted by Crippen LogP contribution is 2.28. The highest BCUT2D eigenvalue weighted by Gasteiger charge is 2.06. The van der Waals surface area contributed by atoms with Crippen LogP contribution in [0.25, 0.3) is 10.9 Å². The van der Waals surface area contributed by atoms with Gasteiger partial charge in [0.25, 0.3) is 0 Å². The minimum atomic E-state index is 0.666. The van der Waals surface area contributed by atoms with Gasteiger partial charge in [-0.15, -0.1) is 0 Å². The van der Waals surface area contributed by atoms with E-state index in [9.17, 15) is 0 Å². The van der Waals surface area contributed by atoms with Crippen LogP contribution >= 0.6 is 23.2 Å². The van der Waals surface area contributed by atoms with Gasteiger partial charge in [0.2, 0.25) is 0 Å². The van der Waals surface area contributed by atoms with Gasteiger partial charge in [-0.2, -0.15) is 0 Å². The second kappa shape index (κ2) is 6.00. The average Bonchev–Trinajstić information content (AvgIpc) is 2.84. The molecule has 0 bridgehead atoms. The highest BCUT2D eigenvalue weighted by atomic mass is 35.5. The third-order valence-corrected chi connectivity index (χ3v) is 4.15. The second-order valence-electron chi connectivity index (χ2n) is 5.07. The lowest BCUT2D eigenvalue weighted by Crippen LogP contribution is -2.10. The van der Waals surface area contributed by atoms with Crippen LogP contribution in [0, 0.1) is 6.92 Å². The van der Waals surface area contributed by atoms with E-state index in [1.807, 2.05) is 30.5 Å². The Morgan fingerprint density at radius 3 is 2.71 bits per heavy atom. The molecule has 4 heteroatoms. The molecule has 0 radical (unpaired) electrons. The zero-order valence-electron chi connectivity index (χ0n) is 11.7. The molecular formula is C17H16Cl2N2. The molecule has 0 atom stereocenters. The first-order chi connectivity index (χ1) is 10.1. The van der Waals surface area contributed by atoms with Crippen molar-refractivity contribution in [3.8, 4) is 0 Å². The molecule has 21 heavy (non-hydrogen) atoms. The molecule has 0 fully saturated rings. The molecule has 2 aromatic carbocycles. The van der Waals surface area contributed by atoms with Gasteiger partial charge in [0.15, 0.2) is 0 Å². The van der Waals surface area contributed by atoms with Gasteiger partial charge in [0.1, 0.15) is 0 Å². The Morgan fingerprint density at radius 1 is 1.10 bits per heavy atom. The lowest BCUT2D eigenvalue weighted by molar-refractivity contribution is 0.757. The van der Waals surface area contributed by atoms with Crippen molar-refractivity contribution in [3.63, 3.8) is 0 Å². The first-order valence-electron chi connectivity index (χ1n) is 6.88. The van der Waals surface area contributed by atoms with Crippen molar-refractivity contribution in [2.45, 2.75) is 13.5 Å².